The molecule has 0 aliphatic carbocycles. The summed E-state index contributed by atoms with van der Waals surface area (Å²) >= 11 is 3.55. The molecule has 94 valence electrons. The molecule has 0 aliphatic heterocycles. The van der Waals surface area contributed by atoms with Crippen LogP contribution in [0.3, 0.4) is 0 Å². The number of rotatable bonds is 2. The second kappa shape index (κ2) is 5.06. The van der Waals surface area contributed by atoms with Gasteiger partial charge in [0.15, 0.2) is 0 Å². The molecule has 1 heterocycles. The highest BCUT2D eigenvalue weighted by atomic mass is 79.9. The Morgan fingerprint density at radius 2 is 1.83 bits per heavy atom. The van der Waals surface area contributed by atoms with Crippen molar-refractivity contribution in [2.75, 3.05) is 5.73 Å². The molecule has 0 atom stereocenters. The van der Waals surface area contributed by atoms with E-state index in [1.54, 1.807) is 0 Å². The van der Waals surface area contributed by atoms with Gasteiger partial charge in [-0.15, -0.1) is 0 Å². The van der Waals surface area contributed by atoms with Gasteiger partial charge in [-0.05, 0) is 13.0 Å². The molecule has 1 aromatic heterocycles. The van der Waals surface area contributed by atoms with Gasteiger partial charge in [0.1, 0.15) is 11.6 Å². The van der Waals surface area contributed by atoms with E-state index in [2.05, 4.69) is 39.7 Å². The maximum absolute atomic E-state index is 5.98. The molecule has 0 amide bonds. The minimum Gasteiger partial charge on any atom is -0.383 e. The van der Waals surface area contributed by atoms with E-state index in [1.807, 2.05) is 31.2 Å². The van der Waals surface area contributed by atoms with Crippen molar-refractivity contribution in [1.82, 2.24) is 9.97 Å². The van der Waals surface area contributed by atoms with Gasteiger partial charge in [0.05, 0.1) is 5.69 Å². The lowest BCUT2D eigenvalue weighted by Gasteiger charge is -2.13. The number of anilines is 1. The summed E-state index contributed by atoms with van der Waals surface area (Å²) in [6.45, 7) is 6.08. The van der Waals surface area contributed by atoms with Gasteiger partial charge < -0.3 is 5.73 Å². The lowest BCUT2D eigenvalue weighted by Crippen LogP contribution is -2.06. The van der Waals surface area contributed by atoms with Crippen LogP contribution in [0.15, 0.2) is 28.7 Å². The largest absolute Gasteiger partial charge is 0.383 e. The molecular formula is C14H16BrN3. The molecule has 18 heavy (non-hydrogen) atoms. The summed E-state index contributed by atoms with van der Waals surface area (Å²) in [5, 5.41) is 0. The number of nitrogens with two attached hydrogens (primary N) is 1. The second-order valence-electron chi connectivity index (χ2n) is 4.58. The van der Waals surface area contributed by atoms with Crippen molar-refractivity contribution in [2.45, 2.75) is 26.7 Å². The first-order chi connectivity index (χ1) is 8.50. The summed E-state index contributed by atoms with van der Waals surface area (Å²) in [4.78, 5) is 8.98. The van der Waals surface area contributed by atoms with E-state index >= 15 is 0 Å². The van der Waals surface area contributed by atoms with Gasteiger partial charge >= 0.3 is 0 Å². The van der Waals surface area contributed by atoms with Gasteiger partial charge in [-0.1, -0.05) is 48.0 Å². The van der Waals surface area contributed by atoms with Crippen LogP contribution in [0, 0.1) is 6.92 Å². The van der Waals surface area contributed by atoms with Gasteiger partial charge in [0, 0.05) is 21.5 Å². The first-order valence-corrected chi connectivity index (χ1v) is 6.69. The zero-order valence-corrected chi connectivity index (χ0v) is 12.3. The lowest BCUT2D eigenvalue weighted by atomic mass is 10.1. The van der Waals surface area contributed by atoms with Crippen molar-refractivity contribution >= 4 is 21.7 Å². The SMILES string of the molecule is Cc1c(N)nc(C(C)C)nc1-c1ccccc1Br. The minimum atomic E-state index is 0.258. The summed E-state index contributed by atoms with van der Waals surface area (Å²) in [7, 11) is 0. The smallest absolute Gasteiger partial charge is 0.133 e. The van der Waals surface area contributed by atoms with E-state index in [-0.39, 0.29) is 5.92 Å². The van der Waals surface area contributed by atoms with Crippen LogP contribution < -0.4 is 5.73 Å². The number of benzene rings is 1. The van der Waals surface area contributed by atoms with E-state index in [4.69, 9.17) is 5.73 Å². The predicted molar refractivity (Wildman–Crippen MR) is 78.4 cm³/mol. The van der Waals surface area contributed by atoms with Crippen molar-refractivity contribution < 1.29 is 0 Å². The van der Waals surface area contributed by atoms with Crippen molar-refractivity contribution in [2.24, 2.45) is 0 Å². The highest BCUT2D eigenvalue weighted by Crippen LogP contribution is 2.31. The zero-order chi connectivity index (χ0) is 13.3. The summed E-state index contributed by atoms with van der Waals surface area (Å²) in [5.41, 5.74) is 8.85. The highest BCUT2D eigenvalue weighted by molar-refractivity contribution is 9.10. The number of halogens is 1. The van der Waals surface area contributed by atoms with Crippen molar-refractivity contribution in [3.63, 3.8) is 0 Å². The van der Waals surface area contributed by atoms with Crippen LogP contribution in [0.5, 0.6) is 0 Å². The number of nitrogen functional groups attached to an aromatic ring is 1. The third-order valence-electron chi connectivity index (χ3n) is 2.85. The van der Waals surface area contributed by atoms with Gasteiger partial charge in [0.2, 0.25) is 0 Å². The first-order valence-electron chi connectivity index (χ1n) is 5.89. The van der Waals surface area contributed by atoms with Crippen molar-refractivity contribution in [3.8, 4) is 11.3 Å². The number of aromatic nitrogens is 2. The van der Waals surface area contributed by atoms with E-state index < -0.39 is 0 Å². The van der Waals surface area contributed by atoms with E-state index in [0.717, 1.165) is 27.1 Å². The fraction of sp³-hybridized carbons (Fsp3) is 0.286. The summed E-state index contributed by atoms with van der Waals surface area (Å²) in [6.07, 6.45) is 0. The van der Waals surface area contributed by atoms with Crippen LogP contribution in [-0.4, -0.2) is 9.97 Å². The molecule has 0 saturated heterocycles. The summed E-state index contributed by atoms with van der Waals surface area (Å²) in [5.74, 6) is 1.59. The van der Waals surface area contributed by atoms with Gasteiger partial charge in [-0.3, -0.25) is 0 Å². The molecule has 0 aliphatic rings. The van der Waals surface area contributed by atoms with Gasteiger partial charge in [0.25, 0.3) is 0 Å². The Hall–Kier alpha value is -1.42. The summed E-state index contributed by atoms with van der Waals surface area (Å²) in [6, 6.07) is 8.01. The molecule has 2 N–H and O–H groups in total. The Labute approximate surface area is 116 Å². The fourth-order valence-corrected chi connectivity index (χ4v) is 2.20. The second-order valence-corrected chi connectivity index (χ2v) is 5.43. The molecule has 4 heteroatoms. The van der Waals surface area contributed by atoms with E-state index in [0.29, 0.717) is 5.82 Å². The Kier molecular flexibility index (Phi) is 3.66. The Balaban J connectivity index is 2.67. The van der Waals surface area contributed by atoms with Gasteiger partial charge in [-0.25, -0.2) is 9.97 Å². The molecule has 2 rings (SSSR count). The lowest BCUT2D eigenvalue weighted by molar-refractivity contribution is 0.776. The van der Waals surface area contributed by atoms with Gasteiger partial charge in [-0.2, -0.15) is 0 Å². The number of hydrogen-bond acceptors (Lipinski definition) is 3. The molecule has 0 radical (unpaired) electrons. The third-order valence-corrected chi connectivity index (χ3v) is 3.54. The average Bonchev–Trinajstić information content (AvgIpc) is 2.33. The maximum atomic E-state index is 5.98. The van der Waals surface area contributed by atoms with Crippen LogP contribution in [0.1, 0.15) is 31.2 Å². The van der Waals surface area contributed by atoms with Crippen LogP contribution in [0.4, 0.5) is 5.82 Å². The fourth-order valence-electron chi connectivity index (χ4n) is 1.73. The Morgan fingerprint density at radius 1 is 1.17 bits per heavy atom. The van der Waals surface area contributed by atoms with E-state index in [9.17, 15) is 0 Å². The van der Waals surface area contributed by atoms with Crippen LogP contribution in [0.25, 0.3) is 11.3 Å². The molecular weight excluding hydrogens is 290 g/mol. The molecule has 0 unspecified atom stereocenters. The third kappa shape index (κ3) is 2.38. The molecule has 0 spiro atoms. The van der Waals surface area contributed by atoms with Crippen LogP contribution >= 0.6 is 15.9 Å². The normalized spacial score (nSPS) is 10.9. The van der Waals surface area contributed by atoms with E-state index in [1.165, 1.54) is 0 Å². The molecule has 0 fully saturated rings. The minimum absolute atomic E-state index is 0.258. The molecule has 1 aromatic carbocycles. The molecule has 0 bridgehead atoms. The first kappa shape index (κ1) is 13.0. The van der Waals surface area contributed by atoms with Crippen LogP contribution in [-0.2, 0) is 0 Å². The average molecular weight is 306 g/mol. The van der Waals surface area contributed by atoms with Crippen molar-refractivity contribution in [3.05, 3.63) is 40.1 Å². The quantitative estimate of drug-likeness (QED) is 0.915. The Bertz CT molecular complexity index is 579. The number of hydrogen-bond donors (Lipinski definition) is 1. The molecule has 2 aromatic rings. The monoisotopic (exact) mass is 305 g/mol. The number of nitrogens with zero attached hydrogens (tertiary/aromatic N) is 2. The molecule has 3 nitrogen and oxygen atoms in total. The molecule has 0 saturated carbocycles. The topological polar surface area (TPSA) is 51.8 Å². The highest BCUT2D eigenvalue weighted by Gasteiger charge is 2.14. The zero-order valence-electron chi connectivity index (χ0n) is 10.7. The maximum Gasteiger partial charge on any atom is 0.133 e. The summed E-state index contributed by atoms with van der Waals surface area (Å²) < 4.78 is 1.01. The standard InChI is InChI=1S/C14H16BrN3/c1-8(2)14-17-12(9(3)13(16)18-14)10-6-4-5-7-11(10)15/h4-8H,1-3H3,(H2,16,17,18). The Morgan fingerprint density at radius 3 is 2.44 bits per heavy atom. The van der Waals surface area contributed by atoms with Crippen LogP contribution in [0.2, 0.25) is 0 Å². The van der Waals surface area contributed by atoms with Crippen molar-refractivity contribution in [1.29, 1.82) is 0 Å². The predicted octanol–water partition coefficient (Wildman–Crippen LogP) is 3.92.